The highest BCUT2D eigenvalue weighted by Gasteiger charge is 2.40. The van der Waals surface area contributed by atoms with Crippen LogP contribution < -0.4 is 0 Å². The summed E-state index contributed by atoms with van der Waals surface area (Å²) in [5, 5.41) is 4.51. The molecule has 3 aromatic heterocycles. The Morgan fingerprint density at radius 3 is 1.75 bits per heavy atom. The molecule has 0 saturated heterocycles. The lowest BCUT2D eigenvalue weighted by molar-refractivity contribution is 0.660. The Balaban J connectivity index is 1.21. The predicted molar refractivity (Wildman–Crippen MR) is 240 cm³/mol. The van der Waals surface area contributed by atoms with Gasteiger partial charge in [-0.2, -0.15) is 0 Å². The number of furan rings is 1. The Hall–Kier alpha value is -7.63. The highest BCUT2D eigenvalue weighted by atomic mass is 16.3. The molecule has 13 rings (SSSR count). The summed E-state index contributed by atoms with van der Waals surface area (Å²) in [5.41, 5.74) is 17.6. The van der Waals surface area contributed by atoms with Crippen molar-refractivity contribution in [1.29, 1.82) is 0 Å². The molecule has 0 N–H and O–H groups in total. The van der Waals surface area contributed by atoms with Crippen molar-refractivity contribution in [3.8, 4) is 73.2 Å². The van der Waals surface area contributed by atoms with Crippen LogP contribution in [0.2, 0.25) is 0 Å². The van der Waals surface area contributed by atoms with Crippen molar-refractivity contribution < 1.29 is 4.42 Å². The number of aromatic nitrogens is 4. The van der Waals surface area contributed by atoms with Crippen molar-refractivity contribution in [3.63, 3.8) is 0 Å². The molecule has 0 spiro atoms. The minimum atomic E-state index is -0.166. The second kappa shape index (κ2) is 11.7. The van der Waals surface area contributed by atoms with Crippen LogP contribution in [0.3, 0.4) is 0 Å². The lowest BCUT2D eigenvalue weighted by Gasteiger charge is -2.22. The molecule has 1 aliphatic heterocycles. The van der Waals surface area contributed by atoms with Crippen LogP contribution >= 0.6 is 0 Å². The number of benzene rings is 8. The van der Waals surface area contributed by atoms with E-state index in [0.717, 1.165) is 71.9 Å². The molecule has 0 atom stereocenters. The third-order valence-corrected chi connectivity index (χ3v) is 12.8. The van der Waals surface area contributed by atoms with Gasteiger partial charge in [0.05, 0.1) is 16.7 Å². The smallest absolute Gasteiger partial charge is 0.166 e. The van der Waals surface area contributed by atoms with Gasteiger partial charge in [0.1, 0.15) is 11.2 Å². The maximum Gasteiger partial charge on any atom is 0.166 e. The van der Waals surface area contributed by atoms with Crippen LogP contribution in [-0.2, 0) is 5.41 Å². The topological polar surface area (TPSA) is 56.7 Å². The maximum atomic E-state index is 6.97. The van der Waals surface area contributed by atoms with Crippen molar-refractivity contribution >= 4 is 43.7 Å². The van der Waals surface area contributed by atoms with Gasteiger partial charge in [-0.15, -0.1) is 0 Å². The summed E-state index contributed by atoms with van der Waals surface area (Å²) in [4.78, 5) is 15.6. The zero-order valence-electron chi connectivity index (χ0n) is 32.4. The average Bonchev–Trinajstić information content (AvgIpc) is 3.89. The zero-order chi connectivity index (χ0) is 39.0. The SMILES string of the molecule is CC1(C)c2ccccc2-c2c1ccc1c2-c2cccc3c4cccc(-c5nc(-c6ccccc6)nc(-c6ccccc6)n5)c4n(c23)-c2ccc3c(oc4ccccc43)c2-1. The molecule has 0 fully saturated rings. The highest BCUT2D eigenvalue weighted by molar-refractivity contribution is 6.23. The summed E-state index contributed by atoms with van der Waals surface area (Å²) < 4.78 is 9.45. The minimum absolute atomic E-state index is 0.166. The molecule has 2 aliphatic rings. The Kier molecular flexibility index (Phi) is 6.44. The molecule has 0 radical (unpaired) electrons. The molecule has 0 amide bonds. The second-order valence-electron chi connectivity index (χ2n) is 16.3. The summed E-state index contributed by atoms with van der Waals surface area (Å²) in [5.74, 6) is 1.88. The van der Waals surface area contributed by atoms with Crippen molar-refractivity contribution in [2.45, 2.75) is 19.3 Å². The van der Waals surface area contributed by atoms with Crippen molar-refractivity contribution in [3.05, 3.63) is 181 Å². The Labute approximate surface area is 339 Å². The first-order valence-electron chi connectivity index (χ1n) is 20.2. The van der Waals surface area contributed by atoms with Gasteiger partial charge in [-0.3, -0.25) is 0 Å². The van der Waals surface area contributed by atoms with Gasteiger partial charge < -0.3 is 8.98 Å². The van der Waals surface area contributed by atoms with Gasteiger partial charge in [-0.05, 0) is 57.6 Å². The third-order valence-electron chi connectivity index (χ3n) is 12.8. The molecule has 5 heteroatoms. The lowest BCUT2D eigenvalue weighted by Crippen LogP contribution is -2.14. The van der Waals surface area contributed by atoms with Gasteiger partial charge in [0.2, 0.25) is 0 Å². The second-order valence-corrected chi connectivity index (χ2v) is 16.3. The molecule has 0 unspecified atom stereocenters. The van der Waals surface area contributed by atoms with E-state index in [2.05, 4.69) is 152 Å². The number of fused-ring (bicyclic) bond motifs is 16. The summed E-state index contributed by atoms with van der Waals surface area (Å²) in [6.07, 6.45) is 0. The first kappa shape index (κ1) is 32.5. The summed E-state index contributed by atoms with van der Waals surface area (Å²) in [6.45, 7) is 4.72. The van der Waals surface area contributed by atoms with E-state index in [1.807, 2.05) is 36.4 Å². The van der Waals surface area contributed by atoms with E-state index >= 15 is 0 Å². The van der Waals surface area contributed by atoms with Gasteiger partial charge in [-0.25, -0.2) is 15.0 Å². The molecule has 8 aromatic carbocycles. The van der Waals surface area contributed by atoms with Crippen LogP contribution in [0.15, 0.2) is 174 Å². The lowest BCUT2D eigenvalue weighted by atomic mass is 9.80. The van der Waals surface area contributed by atoms with Crippen LogP contribution in [0.4, 0.5) is 0 Å². The van der Waals surface area contributed by atoms with E-state index in [1.54, 1.807) is 0 Å². The van der Waals surface area contributed by atoms with E-state index < -0.39 is 0 Å². The molecule has 276 valence electrons. The van der Waals surface area contributed by atoms with Crippen LogP contribution in [0.5, 0.6) is 0 Å². The van der Waals surface area contributed by atoms with E-state index in [4.69, 9.17) is 19.4 Å². The molecule has 5 nitrogen and oxygen atoms in total. The van der Waals surface area contributed by atoms with E-state index in [9.17, 15) is 0 Å². The molecular formula is C54H34N4O. The standard InChI is InChI=1S/C54H34N4O/c1-54(2)41-25-11-9-20-37(41)46-42(54)29-27-38-45(46)39-23-13-21-34-35-22-14-24-40(53-56-51(31-15-5-3-6-16-31)55-52(57-53)32-17-7-4-8-18-32)49(35)58(48(34)39)43-30-28-36-33-19-10-12-26-44(33)59-50(36)47(38)43/h3-30H,1-2H3. The quantitative estimate of drug-likeness (QED) is 0.180. The Bertz CT molecular complexity index is 3520. The van der Waals surface area contributed by atoms with Crippen LogP contribution in [-0.4, -0.2) is 19.5 Å². The van der Waals surface area contributed by atoms with Gasteiger partial charge >= 0.3 is 0 Å². The molecule has 0 bridgehead atoms. The summed E-state index contributed by atoms with van der Waals surface area (Å²) in [7, 11) is 0. The van der Waals surface area contributed by atoms with Crippen LogP contribution in [0, 0.1) is 0 Å². The van der Waals surface area contributed by atoms with Crippen molar-refractivity contribution in [2.75, 3.05) is 0 Å². The number of hydrogen-bond donors (Lipinski definition) is 0. The van der Waals surface area contributed by atoms with Gasteiger partial charge in [0.15, 0.2) is 17.5 Å². The van der Waals surface area contributed by atoms with E-state index in [1.165, 1.54) is 38.8 Å². The first-order valence-corrected chi connectivity index (χ1v) is 20.2. The molecule has 59 heavy (non-hydrogen) atoms. The first-order chi connectivity index (χ1) is 29.0. The number of nitrogens with zero attached hydrogens (tertiary/aromatic N) is 4. The Morgan fingerprint density at radius 1 is 0.407 bits per heavy atom. The van der Waals surface area contributed by atoms with Crippen molar-refractivity contribution in [1.82, 2.24) is 19.5 Å². The number of para-hydroxylation sites is 3. The van der Waals surface area contributed by atoms with E-state index in [0.29, 0.717) is 17.5 Å². The summed E-state index contributed by atoms with van der Waals surface area (Å²) >= 11 is 0. The fourth-order valence-corrected chi connectivity index (χ4v) is 10.2. The van der Waals surface area contributed by atoms with Gasteiger partial charge in [-0.1, -0.05) is 159 Å². The molecule has 0 saturated carbocycles. The van der Waals surface area contributed by atoms with Crippen LogP contribution in [0.1, 0.15) is 25.0 Å². The monoisotopic (exact) mass is 754 g/mol. The normalized spacial score (nSPS) is 13.4. The fourth-order valence-electron chi connectivity index (χ4n) is 10.2. The third kappa shape index (κ3) is 4.36. The maximum absolute atomic E-state index is 6.97. The fraction of sp³-hybridized carbons (Fsp3) is 0.0556. The minimum Gasteiger partial charge on any atom is -0.455 e. The predicted octanol–water partition coefficient (Wildman–Crippen LogP) is 13.8. The van der Waals surface area contributed by atoms with Gasteiger partial charge in [0.25, 0.3) is 0 Å². The largest absolute Gasteiger partial charge is 0.455 e. The zero-order valence-corrected chi connectivity index (χ0v) is 32.4. The molecule has 1 aliphatic carbocycles. The van der Waals surface area contributed by atoms with Crippen LogP contribution in [0.25, 0.3) is 117 Å². The van der Waals surface area contributed by atoms with Gasteiger partial charge in [0, 0.05) is 54.8 Å². The average molecular weight is 755 g/mol. The highest BCUT2D eigenvalue weighted by Crippen LogP contribution is 2.58. The van der Waals surface area contributed by atoms with Crippen molar-refractivity contribution in [2.24, 2.45) is 0 Å². The Morgan fingerprint density at radius 2 is 1.00 bits per heavy atom. The molecule has 4 heterocycles. The van der Waals surface area contributed by atoms with E-state index in [-0.39, 0.29) is 5.41 Å². The summed E-state index contributed by atoms with van der Waals surface area (Å²) in [6, 6.07) is 60.3. The molecule has 11 aromatic rings. The molecular weight excluding hydrogens is 721 g/mol. The number of rotatable bonds is 3. The number of hydrogen-bond acceptors (Lipinski definition) is 4.